The number of anilines is 1. The van der Waals surface area contributed by atoms with Gasteiger partial charge in [-0.2, -0.15) is 0 Å². The summed E-state index contributed by atoms with van der Waals surface area (Å²) in [6.07, 6.45) is 0.961. The molecule has 1 heterocycles. The number of benzene rings is 2. The van der Waals surface area contributed by atoms with Crippen LogP contribution in [-0.4, -0.2) is 53.8 Å². The summed E-state index contributed by atoms with van der Waals surface area (Å²) >= 11 is 5.97. The van der Waals surface area contributed by atoms with Crippen LogP contribution in [0.25, 0.3) is 0 Å². The fraction of sp³-hybridized carbons (Fsp3) is 0.364. The Kier molecular flexibility index (Phi) is 6.70. The molecule has 0 spiro atoms. The number of hydrogen-bond donors (Lipinski definition) is 1. The molecule has 1 aliphatic heterocycles. The van der Waals surface area contributed by atoms with Gasteiger partial charge in [0.25, 0.3) is 5.91 Å². The van der Waals surface area contributed by atoms with Crippen LogP contribution in [0.15, 0.2) is 48.5 Å². The summed E-state index contributed by atoms with van der Waals surface area (Å²) in [4.78, 5) is 29.2. The largest absolute Gasteiger partial charge is 0.336 e. The molecule has 0 saturated carbocycles. The van der Waals surface area contributed by atoms with E-state index in [0.29, 0.717) is 36.9 Å². The van der Waals surface area contributed by atoms with Gasteiger partial charge in [0.1, 0.15) is 0 Å². The molecule has 0 aliphatic carbocycles. The molecule has 1 saturated heterocycles. The molecular weight excluding hydrogens is 374 g/mol. The quantitative estimate of drug-likeness (QED) is 0.834. The lowest BCUT2D eigenvalue weighted by atomic mass is 10.1. The summed E-state index contributed by atoms with van der Waals surface area (Å²) in [6, 6.07) is 14.6. The molecule has 0 radical (unpaired) electrons. The van der Waals surface area contributed by atoms with Crippen LogP contribution in [0.5, 0.6) is 0 Å². The van der Waals surface area contributed by atoms with Gasteiger partial charge in [0.15, 0.2) is 0 Å². The minimum absolute atomic E-state index is 0.0540. The van der Waals surface area contributed by atoms with Crippen LogP contribution >= 0.6 is 11.6 Å². The maximum Gasteiger partial charge on any atom is 0.253 e. The second kappa shape index (κ2) is 9.22. The fourth-order valence-corrected chi connectivity index (χ4v) is 3.55. The van der Waals surface area contributed by atoms with E-state index in [9.17, 15) is 9.59 Å². The monoisotopic (exact) mass is 399 g/mol. The van der Waals surface area contributed by atoms with E-state index in [2.05, 4.69) is 17.1 Å². The third-order valence-electron chi connectivity index (χ3n) is 5.23. The van der Waals surface area contributed by atoms with Crippen molar-refractivity contribution in [1.29, 1.82) is 0 Å². The third kappa shape index (κ3) is 4.91. The highest BCUT2D eigenvalue weighted by atomic mass is 35.5. The second-order valence-electron chi connectivity index (χ2n) is 7.05. The fourth-order valence-electron chi connectivity index (χ4n) is 3.36. The Morgan fingerprint density at radius 2 is 1.75 bits per heavy atom. The van der Waals surface area contributed by atoms with Gasteiger partial charge in [-0.1, -0.05) is 36.7 Å². The number of rotatable bonds is 5. The third-order valence-corrected chi connectivity index (χ3v) is 5.47. The van der Waals surface area contributed by atoms with Crippen molar-refractivity contribution in [2.24, 2.45) is 0 Å². The van der Waals surface area contributed by atoms with Gasteiger partial charge in [-0.05, 0) is 49.2 Å². The lowest BCUT2D eigenvalue weighted by Gasteiger charge is -2.37. The Bertz CT molecular complexity index is 830. The van der Waals surface area contributed by atoms with Crippen molar-refractivity contribution in [1.82, 2.24) is 9.80 Å². The van der Waals surface area contributed by atoms with Gasteiger partial charge in [-0.25, -0.2) is 0 Å². The molecule has 1 aliphatic rings. The van der Waals surface area contributed by atoms with Gasteiger partial charge >= 0.3 is 0 Å². The smallest absolute Gasteiger partial charge is 0.253 e. The lowest BCUT2D eigenvalue weighted by molar-refractivity contribution is -0.121. The molecular formula is C22H26ClN3O2. The predicted molar refractivity (Wildman–Crippen MR) is 113 cm³/mol. The van der Waals surface area contributed by atoms with Crippen LogP contribution in [0.2, 0.25) is 5.02 Å². The van der Waals surface area contributed by atoms with Crippen LogP contribution in [-0.2, 0) is 11.2 Å². The van der Waals surface area contributed by atoms with Gasteiger partial charge in [0.2, 0.25) is 5.91 Å². The summed E-state index contributed by atoms with van der Waals surface area (Å²) in [5, 5.41) is 3.49. The highest BCUT2D eigenvalue weighted by Gasteiger charge is 2.28. The Morgan fingerprint density at radius 3 is 2.36 bits per heavy atom. The Morgan fingerprint density at radius 1 is 1.07 bits per heavy atom. The second-order valence-corrected chi connectivity index (χ2v) is 7.49. The van der Waals surface area contributed by atoms with E-state index in [-0.39, 0.29) is 17.9 Å². The maximum absolute atomic E-state index is 12.7. The van der Waals surface area contributed by atoms with Gasteiger partial charge in [-0.15, -0.1) is 0 Å². The number of hydrogen-bond acceptors (Lipinski definition) is 3. The van der Waals surface area contributed by atoms with Gasteiger partial charge in [0, 0.05) is 42.5 Å². The van der Waals surface area contributed by atoms with Crippen molar-refractivity contribution >= 4 is 29.1 Å². The van der Waals surface area contributed by atoms with Gasteiger partial charge in [0.05, 0.1) is 6.04 Å². The van der Waals surface area contributed by atoms with E-state index in [4.69, 9.17) is 11.6 Å². The van der Waals surface area contributed by atoms with E-state index >= 15 is 0 Å². The molecule has 28 heavy (non-hydrogen) atoms. The SMILES string of the molecule is CCc1ccc(C(=O)N2CCN(C(C)C(=O)Nc3cccc(Cl)c3)CC2)cc1. The van der Waals surface area contributed by atoms with E-state index in [1.807, 2.05) is 42.2 Å². The first-order valence-electron chi connectivity index (χ1n) is 9.66. The molecule has 2 aromatic carbocycles. The topological polar surface area (TPSA) is 52.7 Å². The number of carbonyl (C=O) groups excluding carboxylic acids is 2. The number of carbonyl (C=O) groups is 2. The standard InChI is InChI=1S/C22H26ClN3O2/c1-3-17-7-9-18(10-8-17)22(28)26-13-11-25(12-14-26)16(2)21(27)24-20-6-4-5-19(23)15-20/h4-10,15-16H,3,11-14H2,1-2H3,(H,24,27). The zero-order chi connectivity index (χ0) is 20.1. The predicted octanol–water partition coefficient (Wildman–Crippen LogP) is 3.69. The summed E-state index contributed by atoms with van der Waals surface area (Å²) < 4.78 is 0. The molecule has 1 fully saturated rings. The van der Waals surface area contributed by atoms with E-state index < -0.39 is 0 Å². The number of halogens is 1. The molecule has 5 nitrogen and oxygen atoms in total. The summed E-state index contributed by atoms with van der Waals surface area (Å²) in [7, 11) is 0. The van der Waals surface area contributed by atoms with Crippen LogP contribution < -0.4 is 5.32 Å². The Hall–Kier alpha value is -2.37. The van der Waals surface area contributed by atoms with Crippen molar-refractivity contribution in [2.75, 3.05) is 31.5 Å². The zero-order valence-electron chi connectivity index (χ0n) is 16.3. The first-order valence-corrected chi connectivity index (χ1v) is 10.0. The molecule has 2 amide bonds. The molecule has 1 atom stereocenters. The molecule has 0 aromatic heterocycles. The number of nitrogens with one attached hydrogen (secondary N) is 1. The van der Waals surface area contributed by atoms with E-state index in [0.717, 1.165) is 12.0 Å². The first kappa shape index (κ1) is 20.4. The summed E-state index contributed by atoms with van der Waals surface area (Å²) in [6.45, 7) is 6.55. The first-order chi connectivity index (χ1) is 13.5. The Labute approximate surface area is 171 Å². The van der Waals surface area contributed by atoms with Crippen molar-refractivity contribution in [3.63, 3.8) is 0 Å². The molecule has 1 N–H and O–H groups in total. The number of amides is 2. The summed E-state index contributed by atoms with van der Waals surface area (Å²) in [5.41, 5.74) is 2.63. The van der Waals surface area contributed by atoms with Crippen molar-refractivity contribution < 1.29 is 9.59 Å². The van der Waals surface area contributed by atoms with Crippen molar-refractivity contribution in [3.05, 3.63) is 64.7 Å². The highest BCUT2D eigenvalue weighted by molar-refractivity contribution is 6.30. The number of aryl methyl sites for hydroxylation is 1. The molecule has 6 heteroatoms. The van der Waals surface area contributed by atoms with Gasteiger partial charge < -0.3 is 10.2 Å². The molecule has 2 aromatic rings. The molecule has 3 rings (SSSR count). The Balaban J connectivity index is 1.53. The highest BCUT2D eigenvalue weighted by Crippen LogP contribution is 2.17. The number of nitrogens with zero attached hydrogens (tertiary/aromatic N) is 2. The van der Waals surface area contributed by atoms with Crippen LogP contribution in [0.1, 0.15) is 29.8 Å². The lowest BCUT2D eigenvalue weighted by Crippen LogP contribution is -2.54. The zero-order valence-corrected chi connectivity index (χ0v) is 17.1. The maximum atomic E-state index is 12.7. The minimum Gasteiger partial charge on any atom is -0.336 e. The molecule has 148 valence electrons. The average molecular weight is 400 g/mol. The van der Waals surface area contributed by atoms with Gasteiger partial charge in [-0.3, -0.25) is 14.5 Å². The van der Waals surface area contributed by atoms with Crippen LogP contribution in [0, 0.1) is 0 Å². The number of piperazine rings is 1. The molecule has 0 bridgehead atoms. The average Bonchev–Trinajstić information content (AvgIpc) is 2.73. The van der Waals surface area contributed by atoms with Crippen LogP contribution in [0.3, 0.4) is 0 Å². The van der Waals surface area contributed by atoms with Crippen LogP contribution in [0.4, 0.5) is 5.69 Å². The summed E-state index contributed by atoms with van der Waals surface area (Å²) in [5.74, 6) is -0.0180. The molecule has 1 unspecified atom stereocenters. The minimum atomic E-state index is -0.278. The van der Waals surface area contributed by atoms with Crippen molar-refractivity contribution in [3.8, 4) is 0 Å². The van der Waals surface area contributed by atoms with E-state index in [1.165, 1.54) is 5.56 Å². The van der Waals surface area contributed by atoms with Crippen molar-refractivity contribution in [2.45, 2.75) is 26.3 Å². The van der Waals surface area contributed by atoms with E-state index in [1.54, 1.807) is 18.2 Å². The normalized spacial score (nSPS) is 15.9.